The summed E-state index contributed by atoms with van der Waals surface area (Å²) < 4.78 is 16.9. The SMILES string of the molecule is COC(=O)C#Cc1cnc(F)c(Cl)c1. The molecule has 0 aromatic carbocycles. The first-order chi connectivity index (χ1) is 6.63. The van der Waals surface area contributed by atoms with Crippen LogP contribution in [0.15, 0.2) is 12.3 Å². The molecule has 0 aliphatic heterocycles. The van der Waals surface area contributed by atoms with Crippen molar-refractivity contribution in [3.05, 3.63) is 28.8 Å². The standard InChI is InChI=1S/C9H5ClFNO2/c1-14-8(13)3-2-6-4-7(10)9(11)12-5-6/h4-5H,1H3. The van der Waals surface area contributed by atoms with Crippen LogP contribution in [0, 0.1) is 17.8 Å². The van der Waals surface area contributed by atoms with E-state index >= 15 is 0 Å². The van der Waals surface area contributed by atoms with E-state index in [1.807, 2.05) is 0 Å². The number of carbonyl (C=O) groups excluding carboxylic acids is 1. The lowest BCUT2D eigenvalue weighted by Crippen LogP contribution is -1.94. The van der Waals surface area contributed by atoms with Crippen LogP contribution in [0.25, 0.3) is 0 Å². The van der Waals surface area contributed by atoms with Crippen molar-refractivity contribution in [1.82, 2.24) is 4.98 Å². The summed E-state index contributed by atoms with van der Waals surface area (Å²) in [6, 6.07) is 1.28. The molecule has 0 atom stereocenters. The zero-order chi connectivity index (χ0) is 10.6. The van der Waals surface area contributed by atoms with Gasteiger partial charge in [0.2, 0.25) is 5.95 Å². The predicted octanol–water partition coefficient (Wildman–Crippen LogP) is 1.40. The Hall–Kier alpha value is -1.60. The molecule has 1 heterocycles. The number of aromatic nitrogens is 1. The van der Waals surface area contributed by atoms with E-state index in [4.69, 9.17) is 11.6 Å². The highest BCUT2D eigenvalue weighted by molar-refractivity contribution is 6.30. The summed E-state index contributed by atoms with van der Waals surface area (Å²) in [4.78, 5) is 13.9. The van der Waals surface area contributed by atoms with E-state index in [1.54, 1.807) is 0 Å². The van der Waals surface area contributed by atoms with Gasteiger partial charge < -0.3 is 4.74 Å². The van der Waals surface area contributed by atoms with E-state index in [1.165, 1.54) is 19.4 Å². The molecule has 0 fully saturated rings. The van der Waals surface area contributed by atoms with Crippen molar-refractivity contribution >= 4 is 17.6 Å². The first-order valence-electron chi connectivity index (χ1n) is 3.54. The number of ether oxygens (including phenoxy) is 1. The smallest absolute Gasteiger partial charge is 0.384 e. The largest absolute Gasteiger partial charge is 0.459 e. The molecular formula is C9H5ClFNO2. The number of hydrogen-bond donors (Lipinski definition) is 0. The molecule has 1 rings (SSSR count). The predicted molar refractivity (Wildman–Crippen MR) is 48.1 cm³/mol. The molecule has 0 unspecified atom stereocenters. The highest BCUT2D eigenvalue weighted by atomic mass is 35.5. The normalized spacial score (nSPS) is 8.79. The summed E-state index contributed by atoms with van der Waals surface area (Å²) in [6.07, 6.45) is 1.18. The molecule has 72 valence electrons. The minimum atomic E-state index is -0.768. The Balaban J connectivity index is 2.91. The zero-order valence-corrected chi connectivity index (χ0v) is 7.93. The summed E-state index contributed by atoms with van der Waals surface area (Å²) in [5.74, 6) is 3.14. The van der Waals surface area contributed by atoms with E-state index in [0.717, 1.165) is 0 Å². The number of esters is 1. The molecule has 1 aromatic heterocycles. The van der Waals surface area contributed by atoms with Crippen molar-refractivity contribution in [2.24, 2.45) is 0 Å². The average molecular weight is 214 g/mol. The van der Waals surface area contributed by atoms with Crippen LogP contribution in [-0.2, 0) is 9.53 Å². The highest BCUT2D eigenvalue weighted by Gasteiger charge is 2.00. The van der Waals surface area contributed by atoms with Crippen LogP contribution in [0.2, 0.25) is 5.02 Å². The molecule has 0 bridgehead atoms. The van der Waals surface area contributed by atoms with Crippen LogP contribution < -0.4 is 0 Å². The topological polar surface area (TPSA) is 39.2 Å². The van der Waals surface area contributed by atoms with Gasteiger partial charge in [-0.05, 0) is 6.07 Å². The fourth-order valence-electron chi connectivity index (χ4n) is 0.664. The molecule has 14 heavy (non-hydrogen) atoms. The molecule has 0 amide bonds. The fourth-order valence-corrected chi connectivity index (χ4v) is 0.830. The first kappa shape index (κ1) is 10.5. The number of rotatable bonds is 0. The van der Waals surface area contributed by atoms with Crippen molar-refractivity contribution in [2.75, 3.05) is 7.11 Å². The molecule has 0 N–H and O–H groups in total. The summed E-state index contributed by atoms with van der Waals surface area (Å²) in [6.45, 7) is 0. The third-order valence-electron chi connectivity index (χ3n) is 1.29. The van der Waals surface area contributed by atoms with Gasteiger partial charge in [0.15, 0.2) is 0 Å². The van der Waals surface area contributed by atoms with Crippen molar-refractivity contribution in [1.29, 1.82) is 0 Å². The number of hydrogen-bond acceptors (Lipinski definition) is 3. The zero-order valence-electron chi connectivity index (χ0n) is 7.17. The summed E-state index contributed by atoms with van der Waals surface area (Å²) >= 11 is 5.44. The third-order valence-corrected chi connectivity index (χ3v) is 1.56. The molecule has 0 radical (unpaired) electrons. The van der Waals surface area contributed by atoms with Crippen LogP contribution in [-0.4, -0.2) is 18.1 Å². The Morgan fingerprint density at radius 1 is 1.71 bits per heavy atom. The Kier molecular flexibility index (Phi) is 3.43. The van der Waals surface area contributed by atoms with Gasteiger partial charge >= 0.3 is 5.97 Å². The van der Waals surface area contributed by atoms with Gasteiger partial charge in [-0.3, -0.25) is 0 Å². The number of nitrogens with zero attached hydrogens (tertiary/aromatic N) is 1. The molecule has 3 nitrogen and oxygen atoms in total. The van der Waals surface area contributed by atoms with Gasteiger partial charge in [-0.1, -0.05) is 17.5 Å². The number of halogens is 2. The molecule has 1 aromatic rings. The van der Waals surface area contributed by atoms with Crippen LogP contribution in [0.1, 0.15) is 5.56 Å². The van der Waals surface area contributed by atoms with Crippen LogP contribution in [0.4, 0.5) is 4.39 Å². The van der Waals surface area contributed by atoms with Gasteiger partial charge in [0.1, 0.15) is 0 Å². The van der Waals surface area contributed by atoms with Gasteiger partial charge in [0.25, 0.3) is 0 Å². The lowest BCUT2D eigenvalue weighted by Gasteiger charge is -1.92. The van der Waals surface area contributed by atoms with E-state index in [-0.39, 0.29) is 5.02 Å². The van der Waals surface area contributed by atoms with Crippen molar-refractivity contribution < 1.29 is 13.9 Å². The van der Waals surface area contributed by atoms with E-state index in [9.17, 15) is 9.18 Å². The maximum Gasteiger partial charge on any atom is 0.384 e. The minimum Gasteiger partial charge on any atom is -0.459 e. The molecule has 0 saturated carbocycles. The van der Waals surface area contributed by atoms with Crippen molar-refractivity contribution in [3.63, 3.8) is 0 Å². The second-order valence-corrected chi connectivity index (χ2v) is 2.65. The molecule has 0 aliphatic carbocycles. The van der Waals surface area contributed by atoms with E-state index < -0.39 is 11.9 Å². The number of pyridine rings is 1. The van der Waals surface area contributed by atoms with Crippen molar-refractivity contribution in [3.8, 4) is 11.8 Å². The van der Waals surface area contributed by atoms with Gasteiger partial charge in [-0.2, -0.15) is 4.39 Å². The van der Waals surface area contributed by atoms with Crippen LogP contribution >= 0.6 is 11.6 Å². The average Bonchev–Trinajstić information content (AvgIpc) is 2.19. The molecule has 0 aliphatic rings. The van der Waals surface area contributed by atoms with Gasteiger partial charge in [0, 0.05) is 17.7 Å². The third kappa shape index (κ3) is 2.71. The Bertz CT molecular complexity index is 423. The second kappa shape index (κ2) is 4.58. The van der Waals surface area contributed by atoms with Crippen LogP contribution in [0.5, 0.6) is 0 Å². The Labute approximate surface area is 84.9 Å². The van der Waals surface area contributed by atoms with Gasteiger partial charge in [0.05, 0.1) is 12.1 Å². The fraction of sp³-hybridized carbons (Fsp3) is 0.111. The Morgan fingerprint density at radius 2 is 2.43 bits per heavy atom. The van der Waals surface area contributed by atoms with Gasteiger partial charge in [-0.15, -0.1) is 0 Å². The maximum absolute atomic E-state index is 12.6. The molecule has 5 heteroatoms. The first-order valence-corrected chi connectivity index (χ1v) is 3.92. The second-order valence-electron chi connectivity index (χ2n) is 2.24. The quantitative estimate of drug-likeness (QED) is 0.372. The molecular weight excluding hydrogens is 209 g/mol. The molecule has 0 saturated heterocycles. The monoisotopic (exact) mass is 213 g/mol. The summed E-state index contributed by atoms with van der Waals surface area (Å²) in [5, 5.41) is -0.137. The summed E-state index contributed by atoms with van der Waals surface area (Å²) in [5.41, 5.74) is 0.349. The molecule has 0 spiro atoms. The number of carbonyl (C=O) groups is 1. The lowest BCUT2D eigenvalue weighted by molar-refractivity contribution is -0.133. The number of methoxy groups -OCH3 is 1. The Morgan fingerprint density at radius 3 is 3.00 bits per heavy atom. The highest BCUT2D eigenvalue weighted by Crippen LogP contribution is 2.12. The van der Waals surface area contributed by atoms with E-state index in [0.29, 0.717) is 5.56 Å². The summed E-state index contributed by atoms with van der Waals surface area (Å²) in [7, 11) is 1.22. The lowest BCUT2D eigenvalue weighted by atomic mass is 10.3. The van der Waals surface area contributed by atoms with Crippen molar-refractivity contribution in [2.45, 2.75) is 0 Å². The van der Waals surface area contributed by atoms with E-state index in [2.05, 4.69) is 21.6 Å². The maximum atomic E-state index is 12.6. The van der Waals surface area contributed by atoms with Gasteiger partial charge in [-0.25, -0.2) is 9.78 Å². The van der Waals surface area contributed by atoms with Crippen LogP contribution in [0.3, 0.4) is 0 Å². The minimum absolute atomic E-state index is 0.137.